The minimum atomic E-state index is -4.43. The highest BCUT2D eigenvalue weighted by atomic mass is 31.2. The molecule has 0 bridgehead atoms. The molecule has 1 aromatic carbocycles. The molecule has 3 aromatic rings. The highest BCUT2D eigenvalue weighted by Crippen LogP contribution is 2.49. The Balaban J connectivity index is 1.48. The summed E-state index contributed by atoms with van der Waals surface area (Å²) in [6, 6.07) is 9.38. The van der Waals surface area contributed by atoms with Crippen LogP contribution in [0.15, 0.2) is 42.7 Å². The van der Waals surface area contributed by atoms with E-state index in [1.165, 1.54) is 24.2 Å². The van der Waals surface area contributed by atoms with Crippen LogP contribution in [0.2, 0.25) is 0 Å². The zero-order valence-electron chi connectivity index (χ0n) is 34.0. The van der Waals surface area contributed by atoms with Crippen LogP contribution >= 0.6 is 7.75 Å². The molecule has 1 unspecified atom stereocenters. The summed E-state index contributed by atoms with van der Waals surface area (Å²) in [6.07, 6.45) is 2.96. The number of aromatic nitrogens is 3. The number of nitrogen functional groups attached to an aromatic ring is 1. The van der Waals surface area contributed by atoms with Crippen LogP contribution in [0.4, 0.5) is 5.82 Å². The fourth-order valence-corrected chi connectivity index (χ4v) is 8.36. The molecule has 1 aliphatic carbocycles. The molecule has 1 aliphatic heterocycles. The molecule has 2 fully saturated rings. The number of ether oxygens (including phenoxy) is 4. The van der Waals surface area contributed by atoms with Gasteiger partial charge < -0.3 is 29.2 Å². The Labute approximate surface area is 329 Å². The molecule has 308 valence electrons. The minimum absolute atomic E-state index is 0.152. The lowest BCUT2D eigenvalue weighted by molar-refractivity contribution is -0.175. The molecule has 6 atom stereocenters. The monoisotopic (exact) mass is 799 g/mol. The van der Waals surface area contributed by atoms with Gasteiger partial charge in [-0.3, -0.25) is 18.9 Å². The maximum atomic E-state index is 14.8. The quantitative estimate of drug-likeness (QED) is 0.0942. The van der Waals surface area contributed by atoms with Crippen LogP contribution in [-0.4, -0.2) is 70.1 Å². The van der Waals surface area contributed by atoms with Gasteiger partial charge in [0, 0.05) is 0 Å². The molecule has 2 aromatic heterocycles. The summed E-state index contributed by atoms with van der Waals surface area (Å²) < 4.78 is 52.9. The van der Waals surface area contributed by atoms with Crippen LogP contribution in [0.3, 0.4) is 0 Å². The highest BCUT2D eigenvalue weighted by molar-refractivity contribution is 7.52. The summed E-state index contributed by atoms with van der Waals surface area (Å²) in [5, 5.41) is 7.14. The molecule has 0 radical (unpaired) electrons. The first kappa shape index (κ1) is 43.1. The topological polar surface area (TPSA) is 192 Å². The van der Waals surface area contributed by atoms with E-state index in [1.54, 1.807) is 58.9 Å². The Hall–Kier alpha value is -4.04. The average molecular weight is 800 g/mol. The van der Waals surface area contributed by atoms with Crippen LogP contribution < -0.4 is 15.3 Å². The molecule has 16 heteroatoms. The number of esters is 3. The Morgan fingerprint density at radius 1 is 0.946 bits per heavy atom. The first-order chi connectivity index (χ1) is 26.3. The van der Waals surface area contributed by atoms with E-state index in [1.807, 2.05) is 12.1 Å². The van der Waals surface area contributed by atoms with Crippen molar-refractivity contribution in [3.8, 4) is 5.75 Å². The molecular formula is C40H58N5O10P. The summed E-state index contributed by atoms with van der Waals surface area (Å²) in [5.41, 5.74) is 6.41. The third-order valence-corrected chi connectivity index (χ3v) is 11.9. The first-order valence-corrected chi connectivity index (χ1v) is 21.0. The average Bonchev–Trinajstić information content (AvgIpc) is 3.70. The Bertz CT molecular complexity index is 1890. The second-order valence-corrected chi connectivity index (χ2v) is 18.3. The molecule has 1 saturated heterocycles. The van der Waals surface area contributed by atoms with Crippen molar-refractivity contribution in [2.24, 2.45) is 17.8 Å². The number of nitrogens with zero attached hydrogens (tertiary/aromatic N) is 3. The molecule has 3 N–H and O–H groups in total. The Morgan fingerprint density at radius 2 is 1.59 bits per heavy atom. The summed E-state index contributed by atoms with van der Waals surface area (Å²) in [5.74, 6) is -2.16. The van der Waals surface area contributed by atoms with E-state index in [0.29, 0.717) is 11.2 Å². The van der Waals surface area contributed by atoms with Gasteiger partial charge in [0.1, 0.15) is 35.3 Å². The van der Waals surface area contributed by atoms with Gasteiger partial charge in [0.2, 0.25) is 0 Å². The van der Waals surface area contributed by atoms with Crippen LogP contribution in [0.5, 0.6) is 5.75 Å². The van der Waals surface area contributed by atoms with Crippen molar-refractivity contribution in [1.29, 1.82) is 0 Å². The summed E-state index contributed by atoms with van der Waals surface area (Å²) in [7, 11) is -4.43. The predicted octanol–water partition coefficient (Wildman–Crippen LogP) is 6.66. The first-order valence-electron chi connectivity index (χ1n) is 19.5. The number of anilines is 1. The van der Waals surface area contributed by atoms with Crippen molar-refractivity contribution in [1.82, 2.24) is 19.7 Å². The highest BCUT2D eigenvalue weighted by Gasteiger charge is 2.59. The number of carbonyl (C=O) groups excluding carboxylic acids is 3. The number of carbonyl (C=O) groups is 3. The van der Waals surface area contributed by atoms with E-state index < -0.39 is 74.1 Å². The lowest BCUT2D eigenvalue weighted by Gasteiger charge is -2.31. The van der Waals surface area contributed by atoms with Gasteiger partial charge >= 0.3 is 25.7 Å². The third-order valence-electron chi connectivity index (χ3n) is 10.3. The summed E-state index contributed by atoms with van der Waals surface area (Å²) >= 11 is 0. The van der Waals surface area contributed by atoms with E-state index in [0.717, 1.165) is 31.2 Å². The van der Waals surface area contributed by atoms with E-state index in [2.05, 4.69) is 35.9 Å². The van der Waals surface area contributed by atoms with Gasteiger partial charge in [-0.05, 0) is 67.9 Å². The van der Waals surface area contributed by atoms with Gasteiger partial charge in [-0.2, -0.15) is 10.2 Å². The second-order valence-electron chi connectivity index (χ2n) is 16.6. The standard InChI is InChI=1S/C40H58N5O10P/c1-24(2)36(46)52-33-31(54-40(9,34(33)53-37(47)25(3)4)32-20-19-30-35(41)42-23-43-45(30)32)22-51-56(49,55-29-17-15-28(16-18-29)39(6,7)8)44-26(5)38(48)50-21-27-13-11-10-12-14-27/h15-20,23-27,31,33-34H,10-14,21-22H2,1-9H3,(H,44,49)(H2,41,42,43)/t26-,31+,33+,34+,40-,56?/m0/s1. The molecule has 3 heterocycles. The van der Waals surface area contributed by atoms with Crippen LogP contribution in [0, 0.1) is 17.8 Å². The second kappa shape index (κ2) is 17.6. The number of benzene rings is 1. The van der Waals surface area contributed by atoms with Crippen molar-refractivity contribution in [2.75, 3.05) is 18.9 Å². The third kappa shape index (κ3) is 10.1. The van der Waals surface area contributed by atoms with Crippen molar-refractivity contribution < 1.29 is 46.9 Å². The van der Waals surface area contributed by atoms with Crippen LogP contribution in [0.1, 0.15) is 106 Å². The zero-order valence-corrected chi connectivity index (χ0v) is 34.9. The lowest BCUT2D eigenvalue weighted by atomic mass is 9.87. The number of nitrogens with one attached hydrogen (secondary N) is 1. The largest absolute Gasteiger partial charge is 0.464 e. The molecular weight excluding hydrogens is 741 g/mol. The summed E-state index contributed by atoms with van der Waals surface area (Å²) in [4.78, 5) is 43.8. The molecule has 5 rings (SSSR count). The normalized spacial score (nSPS) is 23.5. The van der Waals surface area contributed by atoms with Gasteiger partial charge in [0.05, 0.1) is 30.7 Å². The van der Waals surface area contributed by atoms with E-state index in [-0.39, 0.29) is 29.5 Å². The molecule has 2 aliphatic rings. The lowest BCUT2D eigenvalue weighted by Crippen LogP contribution is -2.46. The molecule has 1 saturated carbocycles. The minimum Gasteiger partial charge on any atom is -0.464 e. The molecule has 0 amide bonds. The van der Waals surface area contributed by atoms with E-state index in [4.69, 9.17) is 33.7 Å². The fourth-order valence-electron chi connectivity index (χ4n) is 6.85. The number of nitrogens with two attached hydrogens (primary N) is 1. The predicted molar refractivity (Wildman–Crippen MR) is 209 cm³/mol. The smallest absolute Gasteiger partial charge is 0.459 e. The van der Waals surface area contributed by atoms with Crippen LogP contribution in [-0.2, 0) is 53.4 Å². The fraction of sp³-hybridized carbons (Fsp3) is 0.625. The Morgan fingerprint density at radius 3 is 2.21 bits per heavy atom. The van der Waals surface area contributed by atoms with Gasteiger partial charge in [0.15, 0.2) is 18.0 Å². The number of rotatable bonds is 15. The van der Waals surface area contributed by atoms with Crippen molar-refractivity contribution in [3.63, 3.8) is 0 Å². The van der Waals surface area contributed by atoms with Gasteiger partial charge in [-0.1, -0.05) is 79.9 Å². The number of fused-ring (bicyclic) bond motifs is 1. The van der Waals surface area contributed by atoms with Gasteiger partial charge in [0.25, 0.3) is 0 Å². The van der Waals surface area contributed by atoms with Crippen molar-refractivity contribution in [2.45, 2.75) is 130 Å². The van der Waals surface area contributed by atoms with Crippen molar-refractivity contribution in [3.05, 3.63) is 54.0 Å². The SMILES string of the molecule is CC(C)C(=O)O[C@H]1[C@@H](OC(=O)C(C)C)[C@](C)(c2ccc3c(N)ncnn23)O[C@@H]1COP(=O)(N[C@@H](C)C(=O)OCC1CCCCC1)Oc1ccc(C(C)(C)C)cc1. The van der Waals surface area contributed by atoms with Gasteiger partial charge in [-0.25, -0.2) is 14.1 Å². The maximum Gasteiger partial charge on any atom is 0.459 e. The van der Waals surface area contributed by atoms with E-state index in [9.17, 15) is 18.9 Å². The Kier molecular flexibility index (Phi) is 13.6. The zero-order chi connectivity index (χ0) is 41.0. The molecule has 0 spiro atoms. The number of hydrogen-bond donors (Lipinski definition) is 2. The maximum absolute atomic E-state index is 14.8. The van der Waals surface area contributed by atoms with Crippen LogP contribution in [0.25, 0.3) is 5.52 Å². The van der Waals surface area contributed by atoms with Crippen molar-refractivity contribution >= 4 is 37.0 Å². The summed E-state index contributed by atoms with van der Waals surface area (Å²) in [6.45, 7) is 15.9. The number of hydrogen-bond acceptors (Lipinski definition) is 13. The molecule has 15 nitrogen and oxygen atoms in total. The van der Waals surface area contributed by atoms with E-state index >= 15 is 0 Å². The molecule has 56 heavy (non-hydrogen) atoms. The van der Waals surface area contributed by atoms with Gasteiger partial charge in [-0.15, -0.1) is 0 Å².